The van der Waals surface area contributed by atoms with Gasteiger partial charge in [-0.15, -0.1) is 11.3 Å². The Morgan fingerprint density at radius 1 is 0.355 bits per heavy atom. The molecule has 0 unspecified atom stereocenters. The Morgan fingerprint density at radius 3 is 1.54 bits per heavy atom. The van der Waals surface area contributed by atoms with Crippen LogP contribution in [0.2, 0.25) is 0 Å². The van der Waals surface area contributed by atoms with E-state index in [0.29, 0.717) is 0 Å². The molecular formula is C73H50N2S. The zero-order valence-electron chi connectivity index (χ0n) is 42.2. The smallest absolute Gasteiger partial charge is 0.0740 e. The molecule has 11 aromatic carbocycles. The molecule has 358 valence electrons. The largest absolute Gasteiger partial charge is 0.310 e. The summed E-state index contributed by atoms with van der Waals surface area (Å²) in [7, 11) is 0. The van der Waals surface area contributed by atoms with Gasteiger partial charge in [0.1, 0.15) is 0 Å². The van der Waals surface area contributed by atoms with Gasteiger partial charge in [-0.05, 0) is 152 Å². The molecule has 0 fully saturated rings. The molecule has 0 N–H and O–H groups in total. The fraction of sp³-hybridized carbons (Fsp3) is 0.0411. The molecule has 0 atom stereocenters. The van der Waals surface area contributed by atoms with Gasteiger partial charge in [-0.1, -0.05) is 206 Å². The summed E-state index contributed by atoms with van der Waals surface area (Å²) in [6.07, 6.45) is 0. The second kappa shape index (κ2) is 17.4. The molecule has 0 saturated heterocycles. The van der Waals surface area contributed by atoms with E-state index < -0.39 is 5.41 Å². The van der Waals surface area contributed by atoms with Crippen molar-refractivity contribution in [2.45, 2.75) is 19.3 Å². The van der Waals surface area contributed by atoms with Gasteiger partial charge in [0.2, 0.25) is 0 Å². The minimum atomic E-state index is -0.529. The molecule has 0 saturated carbocycles. The predicted octanol–water partition coefficient (Wildman–Crippen LogP) is 19.9. The number of hydrogen-bond donors (Lipinski definition) is 0. The first-order valence-corrected chi connectivity index (χ1v) is 27.1. The van der Waals surface area contributed by atoms with Crippen molar-refractivity contribution in [1.82, 2.24) is 4.57 Å². The van der Waals surface area contributed by atoms with E-state index in [1.54, 1.807) is 0 Å². The van der Waals surface area contributed by atoms with Crippen molar-refractivity contribution < 1.29 is 0 Å². The number of nitrogens with zero attached hydrogens (tertiary/aromatic N) is 2. The van der Waals surface area contributed by atoms with Crippen molar-refractivity contribution in [2.24, 2.45) is 0 Å². The van der Waals surface area contributed by atoms with E-state index in [0.717, 1.165) is 22.7 Å². The average molecular weight is 987 g/mol. The predicted molar refractivity (Wildman–Crippen MR) is 321 cm³/mol. The summed E-state index contributed by atoms with van der Waals surface area (Å²) in [6, 6.07) is 99.3. The van der Waals surface area contributed by atoms with Gasteiger partial charge in [0.25, 0.3) is 0 Å². The Kier molecular flexibility index (Phi) is 10.1. The van der Waals surface area contributed by atoms with Crippen LogP contribution < -0.4 is 4.90 Å². The summed E-state index contributed by atoms with van der Waals surface area (Å²) in [5.74, 6) is 0. The fourth-order valence-corrected chi connectivity index (χ4v) is 14.5. The van der Waals surface area contributed by atoms with E-state index in [1.165, 1.54) is 121 Å². The van der Waals surface area contributed by atoms with Crippen LogP contribution in [0.15, 0.2) is 267 Å². The Labute approximate surface area is 447 Å². The molecule has 1 spiro atoms. The van der Waals surface area contributed by atoms with Gasteiger partial charge in [-0.3, -0.25) is 0 Å². The lowest BCUT2D eigenvalue weighted by molar-refractivity contribution is 0.798. The van der Waals surface area contributed by atoms with Gasteiger partial charge < -0.3 is 9.47 Å². The van der Waals surface area contributed by atoms with E-state index in [2.05, 4.69) is 290 Å². The Bertz CT molecular complexity index is 4340. The minimum absolute atomic E-state index is 0.529. The van der Waals surface area contributed by atoms with E-state index in [9.17, 15) is 0 Å². The van der Waals surface area contributed by atoms with Crippen LogP contribution in [0, 0.1) is 13.8 Å². The van der Waals surface area contributed by atoms with Gasteiger partial charge in [-0.2, -0.15) is 0 Å². The van der Waals surface area contributed by atoms with E-state index in [1.807, 2.05) is 11.3 Å². The van der Waals surface area contributed by atoms with Crippen molar-refractivity contribution in [3.8, 4) is 71.1 Å². The number of aryl methyl sites for hydroxylation is 2. The summed E-state index contributed by atoms with van der Waals surface area (Å²) in [6.45, 7) is 4.43. The lowest BCUT2D eigenvalue weighted by Crippen LogP contribution is -2.26. The third-order valence-electron chi connectivity index (χ3n) is 16.3. The first-order chi connectivity index (χ1) is 37.6. The van der Waals surface area contributed by atoms with Gasteiger partial charge in [0, 0.05) is 48.7 Å². The topological polar surface area (TPSA) is 8.17 Å². The molecular weight excluding hydrogens is 937 g/mol. The molecule has 2 heterocycles. The van der Waals surface area contributed by atoms with Crippen LogP contribution in [-0.2, 0) is 5.41 Å². The van der Waals surface area contributed by atoms with E-state index >= 15 is 0 Å². The number of anilines is 3. The summed E-state index contributed by atoms with van der Waals surface area (Å²) in [4.78, 5) is 5.11. The third-order valence-corrected chi connectivity index (χ3v) is 17.6. The zero-order valence-corrected chi connectivity index (χ0v) is 43.0. The van der Waals surface area contributed by atoms with Crippen LogP contribution in [-0.4, -0.2) is 4.57 Å². The number of rotatable bonds is 8. The van der Waals surface area contributed by atoms with Crippen molar-refractivity contribution in [2.75, 3.05) is 4.90 Å². The third kappa shape index (κ3) is 6.52. The average Bonchev–Trinajstić information content (AvgIpc) is 4.31. The normalized spacial score (nSPS) is 12.7. The SMILES string of the molecule is Cc1cccc(C)c1-c1ccc(N(c2ccc(-c3ccc4c(c3)c3ccccc3n4-c3ccccc3)cc2)c2ccccc2-c2c(-c3ccccc3)sc3c2C2(c4ccccc4-c4ccccc42)c2ccccc2-3)cc1. The Balaban J connectivity index is 0.952. The van der Waals surface area contributed by atoms with Crippen LogP contribution in [0.25, 0.3) is 92.9 Å². The van der Waals surface area contributed by atoms with E-state index in [4.69, 9.17) is 0 Å². The number of hydrogen-bond acceptors (Lipinski definition) is 2. The Morgan fingerprint density at radius 2 is 0.868 bits per heavy atom. The highest BCUT2D eigenvalue weighted by atomic mass is 32.1. The highest BCUT2D eigenvalue weighted by Crippen LogP contribution is 2.68. The lowest BCUT2D eigenvalue weighted by Gasteiger charge is -2.33. The number of benzene rings is 11. The summed E-state index contributed by atoms with van der Waals surface area (Å²) in [5, 5.41) is 2.49. The second-order valence-corrected chi connectivity index (χ2v) is 21.4. The summed E-state index contributed by atoms with van der Waals surface area (Å²) >= 11 is 1.94. The van der Waals surface area contributed by atoms with Crippen LogP contribution in [0.3, 0.4) is 0 Å². The maximum Gasteiger partial charge on any atom is 0.0740 e. The van der Waals surface area contributed by atoms with E-state index in [-0.39, 0.29) is 0 Å². The van der Waals surface area contributed by atoms with Crippen LogP contribution in [0.4, 0.5) is 17.1 Å². The molecule has 0 amide bonds. The molecule has 2 aromatic heterocycles. The Hall–Kier alpha value is -9.28. The molecule has 15 rings (SSSR count). The van der Waals surface area contributed by atoms with Gasteiger partial charge in [0.05, 0.1) is 22.1 Å². The molecule has 2 aliphatic carbocycles. The van der Waals surface area contributed by atoms with Gasteiger partial charge >= 0.3 is 0 Å². The number of aromatic nitrogens is 1. The molecule has 0 aliphatic heterocycles. The molecule has 13 aromatic rings. The number of fused-ring (bicyclic) bond motifs is 13. The van der Waals surface area contributed by atoms with Gasteiger partial charge in [0.15, 0.2) is 0 Å². The lowest BCUT2D eigenvalue weighted by atomic mass is 9.69. The maximum absolute atomic E-state index is 2.49. The highest BCUT2D eigenvalue weighted by molar-refractivity contribution is 7.20. The minimum Gasteiger partial charge on any atom is -0.310 e. The summed E-state index contributed by atoms with van der Waals surface area (Å²) in [5.41, 5.74) is 26.8. The number of para-hydroxylation sites is 3. The van der Waals surface area contributed by atoms with Gasteiger partial charge in [-0.25, -0.2) is 0 Å². The first kappa shape index (κ1) is 44.2. The van der Waals surface area contributed by atoms with Crippen LogP contribution in [0.1, 0.15) is 33.4 Å². The van der Waals surface area contributed by atoms with Crippen LogP contribution in [0.5, 0.6) is 0 Å². The highest BCUT2D eigenvalue weighted by Gasteiger charge is 2.54. The van der Waals surface area contributed by atoms with Crippen molar-refractivity contribution >= 4 is 50.2 Å². The van der Waals surface area contributed by atoms with Crippen LogP contribution >= 0.6 is 11.3 Å². The molecule has 0 bridgehead atoms. The molecule has 2 aliphatic rings. The molecule has 76 heavy (non-hydrogen) atoms. The first-order valence-electron chi connectivity index (χ1n) is 26.3. The number of thiophene rings is 1. The molecule has 2 nitrogen and oxygen atoms in total. The molecule has 0 radical (unpaired) electrons. The second-order valence-electron chi connectivity index (χ2n) is 20.4. The maximum atomic E-state index is 2.49. The van der Waals surface area contributed by atoms with Crippen molar-refractivity contribution in [1.29, 1.82) is 0 Å². The fourth-order valence-electron chi connectivity index (χ4n) is 13.1. The van der Waals surface area contributed by atoms with Crippen molar-refractivity contribution in [3.05, 3.63) is 300 Å². The standard InChI is InChI=1S/C73H50N2S/c1-47-20-19-21-48(2)68(47)50-38-43-55(44-39-50)74(54-41-36-49(37-42-54)52-40-45-67-61(46-52)58-28-12-17-34-65(58)75(67)53-24-7-4-8-25-53)66-35-18-13-30-60(66)69-70-72(76-71(69)51-22-5-3-6-23-51)59-29-11-16-33-64(59)73(70)62-31-14-9-26-56(62)57-27-10-15-32-63(57)73/h3-46H,1-2H3. The van der Waals surface area contributed by atoms with Crippen molar-refractivity contribution in [3.63, 3.8) is 0 Å². The molecule has 3 heteroatoms. The zero-order chi connectivity index (χ0) is 50.5. The quantitative estimate of drug-likeness (QED) is 0.147. The summed E-state index contributed by atoms with van der Waals surface area (Å²) < 4.78 is 2.38. The monoisotopic (exact) mass is 986 g/mol.